The minimum absolute atomic E-state index is 0.00714. The minimum Gasteiger partial charge on any atom is -0.491 e. The number of carbonyl (C=O) groups is 1. The summed E-state index contributed by atoms with van der Waals surface area (Å²) in [5, 5.41) is 13.2. The lowest BCUT2D eigenvalue weighted by molar-refractivity contribution is -0.137. The largest absolute Gasteiger partial charge is 0.491 e. The van der Waals surface area contributed by atoms with Gasteiger partial charge in [-0.25, -0.2) is 13.4 Å². The van der Waals surface area contributed by atoms with Crippen molar-refractivity contribution in [1.82, 2.24) is 13.9 Å². The molecule has 2 aromatic carbocycles. The summed E-state index contributed by atoms with van der Waals surface area (Å²) >= 11 is 1.52. The summed E-state index contributed by atoms with van der Waals surface area (Å²) in [6.45, 7) is 4.41. The molecule has 1 N–H and O–H groups in total. The second kappa shape index (κ2) is 9.68. The van der Waals surface area contributed by atoms with E-state index in [1.165, 1.54) is 15.6 Å². The number of rotatable bonds is 8. The number of aromatic nitrogens is 2. The van der Waals surface area contributed by atoms with Crippen LogP contribution in [0.2, 0.25) is 0 Å². The fourth-order valence-electron chi connectivity index (χ4n) is 4.73. The third-order valence-electron chi connectivity index (χ3n) is 6.32. The number of nitrogens with zero attached hydrogens (tertiary/aromatic N) is 3. The molecule has 0 spiro atoms. The maximum absolute atomic E-state index is 13.3. The lowest BCUT2D eigenvalue weighted by Gasteiger charge is -2.17. The molecule has 10 heteroatoms. The van der Waals surface area contributed by atoms with Gasteiger partial charge in [-0.05, 0) is 56.2 Å². The maximum atomic E-state index is 13.3. The Labute approximate surface area is 213 Å². The second-order valence-electron chi connectivity index (χ2n) is 9.16. The van der Waals surface area contributed by atoms with E-state index in [1.807, 2.05) is 43.6 Å². The van der Waals surface area contributed by atoms with Crippen molar-refractivity contribution in [3.05, 3.63) is 65.8 Å². The Hall–Kier alpha value is -3.21. The number of ether oxygens (including phenoxy) is 1. The van der Waals surface area contributed by atoms with Crippen molar-refractivity contribution in [2.75, 3.05) is 13.1 Å². The molecule has 1 atom stereocenters. The van der Waals surface area contributed by atoms with Gasteiger partial charge in [-0.3, -0.25) is 4.79 Å². The smallest absolute Gasteiger partial charge is 0.323 e. The first-order valence-corrected chi connectivity index (χ1v) is 14.1. The van der Waals surface area contributed by atoms with E-state index in [4.69, 9.17) is 4.74 Å². The Morgan fingerprint density at radius 1 is 1.22 bits per heavy atom. The van der Waals surface area contributed by atoms with E-state index in [2.05, 4.69) is 4.98 Å². The molecule has 2 aromatic heterocycles. The molecular weight excluding hydrogens is 498 g/mol. The molecule has 0 radical (unpaired) electrons. The van der Waals surface area contributed by atoms with Gasteiger partial charge in [0.15, 0.2) is 0 Å². The van der Waals surface area contributed by atoms with Gasteiger partial charge in [0.2, 0.25) is 10.0 Å². The van der Waals surface area contributed by atoms with Crippen molar-refractivity contribution in [2.24, 2.45) is 0 Å². The van der Waals surface area contributed by atoms with Crippen molar-refractivity contribution in [2.45, 2.75) is 43.7 Å². The van der Waals surface area contributed by atoms with Crippen molar-refractivity contribution in [3.63, 3.8) is 0 Å². The molecule has 1 saturated heterocycles. The highest BCUT2D eigenvalue weighted by Gasteiger charge is 2.34. The molecule has 3 heterocycles. The first-order chi connectivity index (χ1) is 17.2. The summed E-state index contributed by atoms with van der Waals surface area (Å²) in [7, 11) is -3.66. The molecule has 8 nitrogen and oxygen atoms in total. The lowest BCUT2D eigenvalue weighted by atomic mass is 9.97. The van der Waals surface area contributed by atoms with Crippen molar-refractivity contribution in [1.29, 1.82) is 0 Å². The third-order valence-corrected chi connectivity index (χ3v) is 9.02. The zero-order chi connectivity index (χ0) is 25.4. The van der Waals surface area contributed by atoms with E-state index in [-0.39, 0.29) is 23.5 Å². The zero-order valence-electron chi connectivity index (χ0n) is 20.0. The number of thiazole rings is 1. The Bertz CT molecular complexity index is 1490. The highest BCUT2D eigenvalue weighted by Crippen LogP contribution is 2.37. The molecule has 1 aliphatic rings. The number of benzene rings is 2. The summed E-state index contributed by atoms with van der Waals surface area (Å²) in [5.74, 6) is -0.336. The van der Waals surface area contributed by atoms with Crippen LogP contribution in [0.4, 0.5) is 0 Å². The third kappa shape index (κ3) is 4.76. The molecule has 5 rings (SSSR count). The molecule has 0 aliphatic carbocycles. The first kappa shape index (κ1) is 24.5. The maximum Gasteiger partial charge on any atom is 0.323 e. The quantitative estimate of drug-likeness (QED) is 0.354. The van der Waals surface area contributed by atoms with Crippen molar-refractivity contribution >= 4 is 38.2 Å². The number of fused-ring (bicyclic) bond motifs is 1. The fourth-order valence-corrected chi connectivity index (χ4v) is 6.87. The molecular formula is C26H27N3O5S2. The van der Waals surface area contributed by atoms with E-state index in [9.17, 15) is 18.3 Å². The highest BCUT2D eigenvalue weighted by atomic mass is 32.2. The summed E-state index contributed by atoms with van der Waals surface area (Å²) in [6.07, 6.45) is 4.27. The Balaban J connectivity index is 1.43. The van der Waals surface area contributed by atoms with Crippen LogP contribution in [0, 0.1) is 0 Å². The minimum atomic E-state index is -3.66. The summed E-state index contributed by atoms with van der Waals surface area (Å²) in [4.78, 5) is 16.2. The second-order valence-corrected chi connectivity index (χ2v) is 12.0. The van der Waals surface area contributed by atoms with Gasteiger partial charge in [0.1, 0.15) is 17.3 Å². The van der Waals surface area contributed by atoms with Crippen LogP contribution in [-0.2, 0) is 21.4 Å². The van der Waals surface area contributed by atoms with Gasteiger partial charge < -0.3 is 14.4 Å². The van der Waals surface area contributed by atoms with E-state index in [1.54, 1.807) is 35.0 Å². The molecule has 4 aromatic rings. The Morgan fingerprint density at radius 3 is 2.67 bits per heavy atom. The molecule has 1 aliphatic heterocycles. The van der Waals surface area contributed by atoms with Gasteiger partial charge in [0.05, 0.1) is 11.0 Å². The Kier molecular flexibility index (Phi) is 6.59. The van der Waals surface area contributed by atoms with E-state index in [0.717, 1.165) is 27.0 Å². The molecule has 0 bridgehead atoms. The number of carboxylic acids is 1. The van der Waals surface area contributed by atoms with Crippen LogP contribution in [0.3, 0.4) is 0 Å². The van der Waals surface area contributed by atoms with Gasteiger partial charge >= 0.3 is 5.97 Å². The summed E-state index contributed by atoms with van der Waals surface area (Å²) in [6, 6.07) is 12.5. The van der Waals surface area contributed by atoms with Crippen LogP contribution >= 0.6 is 11.3 Å². The molecule has 0 amide bonds. The number of carboxylic acid groups (broad SMARTS) is 1. The predicted molar refractivity (Wildman–Crippen MR) is 139 cm³/mol. The first-order valence-electron chi connectivity index (χ1n) is 11.7. The van der Waals surface area contributed by atoms with E-state index in [0.29, 0.717) is 25.3 Å². The summed E-state index contributed by atoms with van der Waals surface area (Å²) in [5.41, 5.74) is 2.70. The van der Waals surface area contributed by atoms with Gasteiger partial charge in [0, 0.05) is 53.2 Å². The number of aliphatic carboxylic acids is 1. The normalized spacial score (nSPS) is 16.7. The highest BCUT2D eigenvalue weighted by molar-refractivity contribution is 7.89. The van der Waals surface area contributed by atoms with Crippen molar-refractivity contribution < 1.29 is 23.1 Å². The topological polar surface area (TPSA) is 102 Å². The van der Waals surface area contributed by atoms with Crippen LogP contribution in [0.1, 0.15) is 31.7 Å². The van der Waals surface area contributed by atoms with Crippen molar-refractivity contribution in [3.8, 4) is 16.3 Å². The number of sulfonamides is 1. The number of hydrogen-bond acceptors (Lipinski definition) is 6. The van der Waals surface area contributed by atoms with Crippen LogP contribution in [0.5, 0.6) is 5.75 Å². The lowest BCUT2D eigenvalue weighted by Crippen LogP contribution is -2.28. The standard InChI is InChI=1S/C26H27N3O5S2/c1-17(2)34-20-4-6-21(7-5-20)36(32,33)29-11-9-19(14-29)23-15-28(16-25(30)31)24-13-18(3-8-22(23)24)26-27-10-12-35-26/h3-8,10,12-13,15,17,19H,9,11,14,16H2,1-2H3,(H,30,31)/t19-/m1/s1. The molecule has 0 saturated carbocycles. The Morgan fingerprint density at radius 2 is 2.00 bits per heavy atom. The van der Waals surface area contributed by atoms with Gasteiger partial charge in [-0.15, -0.1) is 11.3 Å². The average molecular weight is 526 g/mol. The average Bonchev–Trinajstić information content (AvgIpc) is 3.59. The van der Waals surface area contributed by atoms with Crippen LogP contribution in [-0.4, -0.2) is 52.5 Å². The summed E-state index contributed by atoms with van der Waals surface area (Å²) < 4.78 is 35.5. The molecule has 188 valence electrons. The van der Waals surface area contributed by atoms with E-state index < -0.39 is 16.0 Å². The fraction of sp³-hybridized carbons (Fsp3) is 0.308. The molecule has 0 unspecified atom stereocenters. The van der Waals surface area contributed by atoms with Gasteiger partial charge in [-0.1, -0.05) is 12.1 Å². The van der Waals surface area contributed by atoms with Gasteiger partial charge in [0.25, 0.3) is 0 Å². The van der Waals surface area contributed by atoms with E-state index >= 15 is 0 Å². The molecule has 1 fully saturated rings. The van der Waals surface area contributed by atoms with Gasteiger partial charge in [-0.2, -0.15) is 4.31 Å². The SMILES string of the molecule is CC(C)Oc1ccc(S(=O)(=O)N2CC[C@@H](c3cn(CC(=O)O)c4cc(-c5nccs5)ccc34)C2)cc1. The monoisotopic (exact) mass is 525 g/mol. The predicted octanol–water partition coefficient (Wildman–Crippen LogP) is 4.81. The van der Waals surface area contributed by atoms with Crippen LogP contribution in [0.15, 0.2) is 65.1 Å². The van der Waals surface area contributed by atoms with Crippen LogP contribution in [0.25, 0.3) is 21.5 Å². The van der Waals surface area contributed by atoms with Crippen LogP contribution < -0.4 is 4.74 Å². The molecule has 36 heavy (non-hydrogen) atoms. The zero-order valence-corrected chi connectivity index (χ0v) is 21.6. The number of hydrogen-bond donors (Lipinski definition) is 1.